The SMILES string of the molecule is C[C@@H]1C[C@H](N)CN(c2ccncc2CC(=O)c2csc(-c3cc(O)ccc3F)n2)C1. The zero-order valence-corrected chi connectivity index (χ0v) is 17.4. The number of pyridine rings is 1. The largest absolute Gasteiger partial charge is 0.508 e. The Hall–Kier alpha value is -2.84. The van der Waals surface area contributed by atoms with Crippen LogP contribution in [0.15, 0.2) is 42.0 Å². The Morgan fingerprint density at radius 2 is 2.20 bits per heavy atom. The highest BCUT2D eigenvalue weighted by Gasteiger charge is 2.25. The van der Waals surface area contributed by atoms with Gasteiger partial charge in [-0.05, 0) is 36.6 Å². The van der Waals surface area contributed by atoms with Gasteiger partial charge in [0.05, 0.1) is 0 Å². The summed E-state index contributed by atoms with van der Waals surface area (Å²) in [6.07, 6.45) is 4.57. The Bertz CT molecular complexity index is 1060. The second-order valence-electron chi connectivity index (χ2n) is 7.81. The summed E-state index contributed by atoms with van der Waals surface area (Å²) >= 11 is 1.17. The second kappa shape index (κ2) is 8.49. The average molecular weight is 427 g/mol. The molecule has 6 nitrogen and oxygen atoms in total. The molecular formula is C22H23FN4O2S. The van der Waals surface area contributed by atoms with Crippen molar-refractivity contribution < 1.29 is 14.3 Å². The molecule has 3 heterocycles. The Morgan fingerprint density at radius 1 is 1.37 bits per heavy atom. The van der Waals surface area contributed by atoms with E-state index in [1.807, 2.05) is 6.07 Å². The van der Waals surface area contributed by atoms with Crippen molar-refractivity contribution in [2.75, 3.05) is 18.0 Å². The minimum Gasteiger partial charge on any atom is -0.508 e. The number of halogens is 1. The maximum atomic E-state index is 14.1. The number of anilines is 1. The number of ketones is 1. The maximum Gasteiger partial charge on any atom is 0.186 e. The van der Waals surface area contributed by atoms with E-state index in [0.717, 1.165) is 30.8 Å². The van der Waals surface area contributed by atoms with Gasteiger partial charge < -0.3 is 15.7 Å². The minimum atomic E-state index is -0.494. The number of Topliss-reactive ketones (excluding diaryl/α,β-unsaturated/α-hetero) is 1. The summed E-state index contributed by atoms with van der Waals surface area (Å²) in [5, 5.41) is 11.6. The van der Waals surface area contributed by atoms with Gasteiger partial charge in [-0.1, -0.05) is 6.92 Å². The molecule has 0 spiro atoms. The molecule has 8 heteroatoms. The van der Waals surface area contributed by atoms with E-state index in [4.69, 9.17) is 5.73 Å². The van der Waals surface area contributed by atoms with Crippen LogP contribution in [-0.2, 0) is 6.42 Å². The molecule has 3 N–H and O–H groups in total. The van der Waals surface area contributed by atoms with E-state index < -0.39 is 5.82 Å². The van der Waals surface area contributed by atoms with Crippen molar-refractivity contribution in [3.05, 3.63) is 59.1 Å². The molecule has 1 aromatic carbocycles. The van der Waals surface area contributed by atoms with Crippen molar-refractivity contribution in [2.45, 2.75) is 25.8 Å². The number of nitrogens with two attached hydrogens (primary N) is 1. The second-order valence-corrected chi connectivity index (χ2v) is 8.67. The lowest BCUT2D eigenvalue weighted by Crippen LogP contribution is -2.46. The van der Waals surface area contributed by atoms with Gasteiger partial charge in [0.15, 0.2) is 5.78 Å². The fraction of sp³-hybridized carbons (Fsp3) is 0.318. The predicted molar refractivity (Wildman–Crippen MR) is 115 cm³/mol. The number of phenols is 1. The topological polar surface area (TPSA) is 92.3 Å². The van der Waals surface area contributed by atoms with Crippen molar-refractivity contribution in [1.82, 2.24) is 9.97 Å². The molecule has 1 aliphatic rings. The number of rotatable bonds is 5. The van der Waals surface area contributed by atoms with E-state index in [1.54, 1.807) is 17.8 Å². The molecule has 0 radical (unpaired) electrons. The number of piperidine rings is 1. The first-order valence-electron chi connectivity index (χ1n) is 9.81. The highest BCUT2D eigenvalue weighted by molar-refractivity contribution is 7.13. The smallest absolute Gasteiger partial charge is 0.186 e. The molecule has 2 atom stereocenters. The van der Waals surface area contributed by atoms with E-state index in [-0.39, 0.29) is 35.3 Å². The number of benzene rings is 1. The van der Waals surface area contributed by atoms with Crippen LogP contribution in [-0.4, -0.2) is 40.0 Å². The van der Waals surface area contributed by atoms with Crippen molar-refractivity contribution >= 4 is 22.8 Å². The lowest BCUT2D eigenvalue weighted by Gasteiger charge is -2.37. The first kappa shape index (κ1) is 20.4. The van der Waals surface area contributed by atoms with Crippen LogP contribution in [0.2, 0.25) is 0 Å². The lowest BCUT2D eigenvalue weighted by molar-refractivity contribution is 0.0989. The van der Waals surface area contributed by atoms with Gasteiger partial charge in [-0.2, -0.15) is 0 Å². The number of aromatic nitrogens is 2. The Morgan fingerprint density at radius 3 is 3.00 bits per heavy atom. The third-order valence-electron chi connectivity index (χ3n) is 5.23. The molecule has 0 bridgehead atoms. The lowest BCUT2D eigenvalue weighted by atomic mass is 9.95. The Labute approximate surface area is 178 Å². The van der Waals surface area contributed by atoms with Gasteiger partial charge in [-0.15, -0.1) is 11.3 Å². The fourth-order valence-corrected chi connectivity index (χ4v) is 4.77. The first-order valence-corrected chi connectivity index (χ1v) is 10.7. The summed E-state index contributed by atoms with van der Waals surface area (Å²) < 4.78 is 14.1. The molecule has 2 aromatic heterocycles. The molecule has 1 aliphatic heterocycles. The van der Waals surface area contributed by atoms with Gasteiger partial charge in [0, 0.05) is 60.1 Å². The molecule has 3 aromatic rings. The summed E-state index contributed by atoms with van der Waals surface area (Å²) in [6, 6.07) is 5.78. The van der Waals surface area contributed by atoms with Crippen molar-refractivity contribution in [3.63, 3.8) is 0 Å². The maximum absolute atomic E-state index is 14.1. The number of phenolic OH excluding ortho intramolecular Hbond substituents is 1. The van der Waals surface area contributed by atoms with Gasteiger partial charge in [0.2, 0.25) is 0 Å². The van der Waals surface area contributed by atoms with Gasteiger partial charge in [0.1, 0.15) is 22.3 Å². The quantitative estimate of drug-likeness (QED) is 0.605. The minimum absolute atomic E-state index is 0.0524. The first-order chi connectivity index (χ1) is 14.4. The third-order valence-corrected chi connectivity index (χ3v) is 6.11. The molecule has 0 saturated carbocycles. The van der Waals surface area contributed by atoms with E-state index in [2.05, 4.69) is 21.8 Å². The van der Waals surface area contributed by atoms with Crippen LogP contribution < -0.4 is 10.6 Å². The summed E-state index contributed by atoms with van der Waals surface area (Å²) in [7, 11) is 0. The monoisotopic (exact) mass is 426 g/mol. The highest BCUT2D eigenvalue weighted by Crippen LogP contribution is 2.30. The zero-order valence-electron chi connectivity index (χ0n) is 16.6. The molecule has 156 valence electrons. The molecular weight excluding hydrogens is 403 g/mol. The molecule has 30 heavy (non-hydrogen) atoms. The fourth-order valence-electron chi connectivity index (χ4n) is 3.93. The summed E-state index contributed by atoms with van der Waals surface area (Å²) in [4.78, 5) is 23.6. The van der Waals surface area contributed by atoms with Gasteiger partial charge >= 0.3 is 0 Å². The van der Waals surface area contributed by atoms with E-state index >= 15 is 0 Å². The molecule has 0 unspecified atom stereocenters. The molecule has 4 rings (SSSR count). The normalized spacial score (nSPS) is 19.1. The number of carbonyl (C=O) groups excluding carboxylic acids is 1. The summed E-state index contributed by atoms with van der Waals surface area (Å²) in [6.45, 7) is 3.80. The van der Waals surface area contributed by atoms with Gasteiger partial charge in [0.25, 0.3) is 0 Å². The van der Waals surface area contributed by atoms with Crippen LogP contribution in [0.3, 0.4) is 0 Å². The standard InChI is InChI=1S/C22H23FN4O2S/c1-13-6-15(24)11-27(10-13)20-4-5-25-9-14(20)7-21(29)19-12-30-22(26-19)17-8-16(28)2-3-18(17)23/h2-5,8-9,12-13,15,28H,6-7,10-11,24H2,1H3/t13-,15+/m1/s1. The molecule has 1 fully saturated rings. The number of carbonyl (C=O) groups is 1. The van der Waals surface area contributed by atoms with Crippen molar-refractivity contribution in [1.29, 1.82) is 0 Å². The number of hydrogen-bond donors (Lipinski definition) is 2. The zero-order chi connectivity index (χ0) is 21.3. The van der Waals surface area contributed by atoms with Gasteiger partial charge in [-0.25, -0.2) is 9.37 Å². The van der Waals surface area contributed by atoms with Gasteiger partial charge in [-0.3, -0.25) is 9.78 Å². The van der Waals surface area contributed by atoms with Crippen molar-refractivity contribution in [2.24, 2.45) is 11.7 Å². The number of nitrogens with zero attached hydrogens (tertiary/aromatic N) is 3. The Kier molecular flexibility index (Phi) is 5.78. The van der Waals surface area contributed by atoms with E-state index in [1.165, 1.54) is 29.5 Å². The average Bonchev–Trinajstić information content (AvgIpc) is 3.19. The third kappa shape index (κ3) is 4.34. The van der Waals surface area contributed by atoms with Crippen molar-refractivity contribution in [3.8, 4) is 16.3 Å². The van der Waals surface area contributed by atoms with Crippen LogP contribution >= 0.6 is 11.3 Å². The van der Waals surface area contributed by atoms with Crippen LogP contribution in [0, 0.1) is 11.7 Å². The predicted octanol–water partition coefficient (Wildman–Crippen LogP) is 3.65. The summed E-state index contributed by atoms with van der Waals surface area (Å²) in [5.74, 6) is -0.236. The molecule has 1 saturated heterocycles. The highest BCUT2D eigenvalue weighted by atomic mass is 32.1. The van der Waals surface area contributed by atoms with Crippen LogP contribution in [0.25, 0.3) is 10.6 Å². The number of hydrogen-bond acceptors (Lipinski definition) is 7. The van der Waals surface area contributed by atoms with E-state index in [9.17, 15) is 14.3 Å². The number of thiazole rings is 1. The van der Waals surface area contributed by atoms with Crippen LogP contribution in [0.4, 0.5) is 10.1 Å². The van der Waals surface area contributed by atoms with E-state index in [0.29, 0.717) is 10.9 Å². The molecule has 0 amide bonds. The summed E-state index contributed by atoms with van der Waals surface area (Å²) in [5.41, 5.74) is 8.44. The Balaban J connectivity index is 1.56. The van der Waals surface area contributed by atoms with Crippen LogP contribution in [0.1, 0.15) is 29.4 Å². The molecule has 0 aliphatic carbocycles. The number of aromatic hydroxyl groups is 1. The van der Waals surface area contributed by atoms with Crippen LogP contribution in [0.5, 0.6) is 5.75 Å².